The SMILES string of the molecule is Cc1ccc(S(C)(=O)=O)cc1C(=O)Nc1cccc(-c2nnnn2C)c1. The number of hydrogen-bond acceptors (Lipinski definition) is 6. The first-order valence-electron chi connectivity index (χ1n) is 7.70. The number of aromatic nitrogens is 4. The van der Waals surface area contributed by atoms with Gasteiger partial charge in [0.15, 0.2) is 15.7 Å². The highest BCUT2D eigenvalue weighted by Gasteiger charge is 2.15. The van der Waals surface area contributed by atoms with Crippen molar-refractivity contribution in [3.05, 3.63) is 53.6 Å². The van der Waals surface area contributed by atoms with Gasteiger partial charge < -0.3 is 5.32 Å². The predicted octanol–water partition coefficient (Wildman–Crippen LogP) is 1.84. The number of carbonyl (C=O) groups excluding carboxylic acids is 1. The maximum Gasteiger partial charge on any atom is 0.255 e. The topological polar surface area (TPSA) is 107 Å². The quantitative estimate of drug-likeness (QED) is 0.750. The number of benzene rings is 2. The fraction of sp³-hybridized carbons (Fsp3) is 0.176. The summed E-state index contributed by atoms with van der Waals surface area (Å²) in [6.45, 7) is 1.75. The minimum Gasteiger partial charge on any atom is -0.322 e. The van der Waals surface area contributed by atoms with E-state index in [-0.39, 0.29) is 10.8 Å². The van der Waals surface area contributed by atoms with Crippen LogP contribution < -0.4 is 5.32 Å². The summed E-state index contributed by atoms with van der Waals surface area (Å²) in [6.07, 6.45) is 1.11. The van der Waals surface area contributed by atoms with Gasteiger partial charge in [-0.05, 0) is 47.2 Å². The molecule has 3 aromatic rings. The highest BCUT2D eigenvalue weighted by atomic mass is 32.2. The maximum atomic E-state index is 12.6. The zero-order valence-electron chi connectivity index (χ0n) is 14.5. The summed E-state index contributed by atoms with van der Waals surface area (Å²) < 4.78 is 25.0. The van der Waals surface area contributed by atoms with Crippen LogP contribution in [-0.2, 0) is 16.9 Å². The minimum atomic E-state index is -3.39. The first-order chi connectivity index (χ1) is 12.3. The number of aryl methyl sites for hydroxylation is 2. The Bertz CT molecular complexity index is 1090. The maximum absolute atomic E-state index is 12.6. The minimum absolute atomic E-state index is 0.104. The van der Waals surface area contributed by atoms with Crippen LogP contribution in [0.15, 0.2) is 47.4 Å². The summed E-state index contributed by atoms with van der Waals surface area (Å²) in [7, 11) is -1.67. The van der Waals surface area contributed by atoms with Gasteiger partial charge in [-0.1, -0.05) is 18.2 Å². The molecule has 0 aliphatic carbocycles. The van der Waals surface area contributed by atoms with Crippen molar-refractivity contribution in [2.45, 2.75) is 11.8 Å². The van der Waals surface area contributed by atoms with E-state index in [4.69, 9.17) is 0 Å². The van der Waals surface area contributed by atoms with E-state index in [0.717, 1.165) is 11.8 Å². The van der Waals surface area contributed by atoms with Gasteiger partial charge in [-0.3, -0.25) is 4.79 Å². The number of amides is 1. The molecule has 3 rings (SSSR count). The smallest absolute Gasteiger partial charge is 0.255 e. The number of nitrogens with zero attached hydrogens (tertiary/aromatic N) is 4. The number of nitrogens with one attached hydrogen (secondary N) is 1. The fourth-order valence-electron chi connectivity index (χ4n) is 2.48. The first kappa shape index (κ1) is 17.7. The molecule has 0 saturated carbocycles. The molecule has 2 aromatic carbocycles. The van der Waals surface area contributed by atoms with Crippen LogP contribution in [0.1, 0.15) is 15.9 Å². The first-order valence-corrected chi connectivity index (χ1v) is 9.60. The number of carbonyl (C=O) groups is 1. The third-order valence-corrected chi connectivity index (χ3v) is 4.99. The van der Waals surface area contributed by atoms with Crippen LogP contribution in [0.3, 0.4) is 0 Å². The van der Waals surface area contributed by atoms with Crippen LogP contribution in [0.25, 0.3) is 11.4 Å². The van der Waals surface area contributed by atoms with Crippen molar-refractivity contribution >= 4 is 21.4 Å². The van der Waals surface area contributed by atoms with Gasteiger partial charge in [0, 0.05) is 30.1 Å². The van der Waals surface area contributed by atoms with Crippen molar-refractivity contribution in [3.8, 4) is 11.4 Å². The molecular weight excluding hydrogens is 354 g/mol. The molecule has 134 valence electrons. The molecule has 0 fully saturated rings. The van der Waals surface area contributed by atoms with Gasteiger partial charge in [0.25, 0.3) is 5.91 Å². The van der Waals surface area contributed by atoms with Crippen LogP contribution in [0.5, 0.6) is 0 Å². The molecular formula is C17H17N5O3S. The molecule has 1 N–H and O–H groups in total. The normalized spacial score (nSPS) is 11.3. The fourth-order valence-corrected chi connectivity index (χ4v) is 3.13. The Morgan fingerprint density at radius 2 is 1.92 bits per heavy atom. The van der Waals surface area contributed by atoms with E-state index in [0.29, 0.717) is 22.6 Å². The third-order valence-electron chi connectivity index (χ3n) is 3.88. The van der Waals surface area contributed by atoms with Crippen LogP contribution in [0, 0.1) is 6.92 Å². The van der Waals surface area contributed by atoms with Gasteiger partial charge in [-0.25, -0.2) is 13.1 Å². The molecule has 9 heteroatoms. The Morgan fingerprint density at radius 1 is 1.15 bits per heavy atom. The summed E-state index contributed by atoms with van der Waals surface area (Å²) in [5.41, 5.74) is 2.29. The Kier molecular flexibility index (Phi) is 4.56. The average molecular weight is 371 g/mol. The van der Waals surface area contributed by atoms with E-state index in [1.54, 1.807) is 38.2 Å². The highest BCUT2D eigenvalue weighted by Crippen LogP contribution is 2.21. The Morgan fingerprint density at radius 3 is 2.58 bits per heavy atom. The molecule has 0 radical (unpaired) electrons. The van der Waals surface area contributed by atoms with E-state index >= 15 is 0 Å². The lowest BCUT2D eigenvalue weighted by Gasteiger charge is -2.10. The number of sulfone groups is 1. The van der Waals surface area contributed by atoms with E-state index in [9.17, 15) is 13.2 Å². The zero-order valence-corrected chi connectivity index (χ0v) is 15.3. The third kappa shape index (κ3) is 3.62. The van der Waals surface area contributed by atoms with Crippen LogP contribution in [0.2, 0.25) is 0 Å². The molecule has 0 atom stereocenters. The van der Waals surface area contributed by atoms with E-state index in [2.05, 4.69) is 20.8 Å². The summed E-state index contributed by atoms with van der Waals surface area (Å²) in [4.78, 5) is 12.7. The standard InChI is InChI=1S/C17H17N5O3S/c1-11-7-8-14(26(3,24)25)10-15(11)17(23)18-13-6-4-5-12(9-13)16-19-20-21-22(16)2/h4-10H,1-3H3,(H,18,23). The Labute approximate surface area is 150 Å². The molecule has 0 bridgehead atoms. The van der Waals surface area contributed by atoms with Gasteiger partial charge in [0.05, 0.1) is 4.90 Å². The van der Waals surface area contributed by atoms with Crippen molar-refractivity contribution in [2.75, 3.05) is 11.6 Å². The number of tetrazole rings is 1. The van der Waals surface area contributed by atoms with Gasteiger partial charge in [-0.15, -0.1) is 5.10 Å². The molecule has 0 aliphatic rings. The summed E-state index contributed by atoms with van der Waals surface area (Å²) in [5.74, 6) is 0.178. The number of anilines is 1. The van der Waals surface area contributed by atoms with E-state index in [1.807, 2.05) is 6.07 Å². The lowest BCUT2D eigenvalue weighted by atomic mass is 10.1. The molecule has 0 spiro atoms. The van der Waals surface area contributed by atoms with Crippen molar-refractivity contribution in [2.24, 2.45) is 7.05 Å². The van der Waals surface area contributed by atoms with Crippen LogP contribution in [0.4, 0.5) is 5.69 Å². The molecule has 0 unspecified atom stereocenters. The molecule has 0 saturated heterocycles. The monoisotopic (exact) mass is 371 g/mol. The molecule has 26 heavy (non-hydrogen) atoms. The largest absolute Gasteiger partial charge is 0.322 e. The van der Waals surface area contributed by atoms with Gasteiger partial charge in [0.2, 0.25) is 0 Å². The summed E-state index contributed by atoms with van der Waals surface area (Å²) in [5, 5.41) is 14.1. The molecule has 1 amide bonds. The average Bonchev–Trinajstić information content (AvgIpc) is 3.00. The van der Waals surface area contributed by atoms with Crippen molar-refractivity contribution in [1.82, 2.24) is 20.2 Å². The number of rotatable bonds is 4. The second kappa shape index (κ2) is 6.68. The van der Waals surface area contributed by atoms with Crippen LogP contribution in [-0.4, -0.2) is 40.8 Å². The molecule has 8 nitrogen and oxygen atoms in total. The van der Waals surface area contributed by atoms with Crippen LogP contribution >= 0.6 is 0 Å². The zero-order chi connectivity index (χ0) is 18.9. The predicted molar refractivity (Wildman–Crippen MR) is 96.5 cm³/mol. The van der Waals surface area contributed by atoms with E-state index < -0.39 is 9.84 Å². The van der Waals surface area contributed by atoms with Gasteiger partial charge in [0.1, 0.15) is 0 Å². The number of hydrogen-bond donors (Lipinski definition) is 1. The lowest BCUT2D eigenvalue weighted by molar-refractivity contribution is 0.102. The van der Waals surface area contributed by atoms with Crippen molar-refractivity contribution < 1.29 is 13.2 Å². The van der Waals surface area contributed by atoms with Crippen molar-refractivity contribution in [3.63, 3.8) is 0 Å². The molecule has 1 aromatic heterocycles. The summed E-state index contributed by atoms with van der Waals surface area (Å²) in [6, 6.07) is 11.6. The Hall–Kier alpha value is -3.07. The summed E-state index contributed by atoms with van der Waals surface area (Å²) >= 11 is 0. The second-order valence-electron chi connectivity index (χ2n) is 5.91. The van der Waals surface area contributed by atoms with E-state index in [1.165, 1.54) is 16.8 Å². The highest BCUT2D eigenvalue weighted by molar-refractivity contribution is 7.90. The van der Waals surface area contributed by atoms with Crippen molar-refractivity contribution in [1.29, 1.82) is 0 Å². The lowest BCUT2D eigenvalue weighted by Crippen LogP contribution is -2.14. The van der Waals surface area contributed by atoms with Gasteiger partial charge >= 0.3 is 0 Å². The van der Waals surface area contributed by atoms with Gasteiger partial charge in [-0.2, -0.15) is 0 Å². The Balaban J connectivity index is 1.91. The second-order valence-corrected chi connectivity index (χ2v) is 7.93. The molecule has 1 heterocycles. The molecule has 0 aliphatic heterocycles.